The van der Waals surface area contributed by atoms with Gasteiger partial charge >= 0.3 is 0 Å². The molecule has 2 fully saturated rings. The molecule has 1 heterocycles. The summed E-state index contributed by atoms with van der Waals surface area (Å²) >= 11 is 0. The minimum Gasteiger partial charge on any atom is -0.381 e. The maximum Gasteiger partial charge on any atom is 0.0501 e. The number of nitrogens with two attached hydrogens (primary N) is 1. The first-order valence-electron chi connectivity index (χ1n) is 5.26. The maximum atomic E-state index is 6.24. The van der Waals surface area contributed by atoms with Crippen molar-refractivity contribution in [2.75, 3.05) is 13.2 Å². The molecule has 1 aliphatic carbocycles. The lowest BCUT2D eigenvalue weighted by molar-refractivity contribution is 0.146. The quantitative estimate of drug-likeness (QED) is 0.766. The Labute approximate surface area is 84.1 Å². The van der Waals surface area contributed by atoms with E-state index in [1.54, 1.807) is 0 Å². The zero-order chi connectivity index (χ0) is 9.54. The molecule has 2 N–H and O–H groups in total. The zero-order valence-corrected chi connectivity index (χ0v) is 8.10. The van der Waals surface area contributed by atoms with Crippen LogP contribution in [-0.2, 0) is 4.74 Å². The Morgan fingerprint density at radius 2 is 1.79 bits per heavy atom. The molecule has 1 aromatic carbocycles. The summed E-state index contributed by atoms with van der Waals surface area (Å²) in [7, 11) is 0. The third-order valence-corrected chi connectivity index (χ3v) is 3.62. The van der Waals surface area contributed by atoms with Crippen LogP contribution in [0.1, 0.15) is 11.6 Å². The Bertz CT molecular complexity index is 314. The van der Waals surface area contributed by atoms with Crippen molar-refractivity contribution in [2.45, 2.75) is 6.04 Å². The van der Waals surface area contributed by atoms with Gasteiger partial charge in [-0.1, -0.05) is 30.3 Å². The minimum atomic E-state index is 0.218. The molecule has 0 amide bonds. The number of fused-ring (bicyclic) bond motifs is 1. The lowest BCUT2D eigenvalue weighted by Gasteiger charge is -2.13. The van der Waals surface area contributed by atoms with Crippen LogP contribution in [0.25, 0.3) is 0 Å². The SMILES string of the molecule is NC(c1ccccc1)C1C2COCC21. The molecular weight excluding hydrogens is 174 g/mol. The van der Waals surface area contributed by atoms with Gasteiger partial charge in [-0.15, -0.1) is 0 Å². The normalized spacial score (nSPS) is 36.5. The van der Waals surface area contributed by atoms with E-state index in [0.717, 1.165) is 25.0 Å². The topological polar surface area (TPSA) is 35.2 Å². The van der Waals surface area contributed by atoms with Gasteiger partial charge in [0.25, 0.3) is 0 Å². The Morgan fingerprint density at radius 1 is 1.14 bits per heavy atom. The van der Waals surface area contributed by atoms with Crippen LogP contribution >= 0.6 is 0 Å². The molecule has 1 saturated heterocycles. The first kappa shape index (κ1) is 8.45. The molecule has 2 heteroatoms. The van der Waals surface area contributed by atoms with E-state index in [4.69, 9.17) is 10.5 Å². The molecule has 0 radical (unpaired) electrons. The van der Waals surface area contributed by atoms with E-state index < -0.39 is 0 Å². The molecule has 1 aliphatic heterocycles. The van der Waals surface area contributed by atoms with E-state index >= 15 is 0 Å². The largest absolute Gasteiger partial charge is 0.381 e. The molecule has 0 bridgehead atoms. The van der Waals surface area contributed by atoms with Gasteiger partial charge in [-0.3, -0.25) is 0 Å². The van der Waals surface area contributed by atoms with Crippen LogP contribution in [0, 0.1) is 17.8 Å². The van der Waals surface area contributed by atoms with Crippen LogP contribution in [0.5, 0.6) is 0 Å². The van der Waals surface area contributed by atoms with Gasteiger partial charge in [0, 0.05) is 6.04 Å². The van der Waals surface area contributed by atoms with Gasteiger partial charge < -0.3 is 10.5 Å². The summed E-state index contributed by atoms with van der Waals surface area (Å²) in [4.78, 5) is 0. The first-order chi connectivity index (χ1) is 6.88. The highest BCUT2D eigenvalue weighted by Crippen LogP contribution is 2.55. The third kappa shape index (κ3) is 1.18. The molecule has 0 spiro atoms. The van der Waals surface area contributed by atoms with Crippen molar-refractivity contribution in [2.24, 2.45) is 23.5 Å². The van der Waals surface area contributed by atoms with Crippen LogP contribution < -0.4 is 5.73 Å². The lowest BCUT2D eigenvalue weighted by Crippen LogP contribution is -2.17. The third-order valence-electron chi connectivity index (χ3n) is 3.62. The summed E-state index contributed by atoms with van der Waals surface area (Å²) in [5.74, 6) is 2.15. The van der Waals surface area contributed by atoms with Crippen molar-refractivity contribution >= 4 is 0 Å². The maximum absolute atomic E-state index is 6.24. The molecule has 3 unspecified atom stereocenters. The molecular formula is C12H15NO. The van der Waals surface area contributed by atoms with Crippen LogP contribution in [0.4, 0.5) is 0 Å². The van der Waals surface area contributed by atoms with Crippen LogP contribution in [0.2, 0.25) is 0 Å². The van der Waals surface area contributed by atoms with Crippen molar-refractivity contribution in [3.8, 4) is 0 Å². The first-order valence-corrected chi connectivity index (χ1v) is 5.26. The lowest BCUT2D eigenvalue weighted by atomic mass is 10.0. The van der Waals surface area contributed by atoms with Crippen molar-refractivity contribution in [3.63, 3.8) is 0 Å². The van der Waals surface area contributed by atoms with E-state index in [-0.39, 0.29) is 6.04 Å². The predicted octanol–water partition coefficient (Wildman–Crippen LogP) is 1.58. The van der Waals surface area contributed by atoms with Gasteiger partial charge in [0.05, 0.1) is 13.2 Å². The zero-order valence-electron chi connectivity index (χ0n) is 8.10. The Balaban J connectivity index is 1.75. The number of benzene rings is 1. The number of ether oxygens (including phenoxy) is 1. The van der Waals surface area contributed by atoms with Crippen molar-refractivity contribution in [1.82, 2.24) is 0 Å². The summed E-state index contributed by atoms with van der Waals surface area (Å²) < 4.78 is 5.37. The minimum absolute atomic E-state index is 0.218. The molecule has 1 saturated carbocycles. The highest BCUT2D eigenvalue weighted by molar-refractivity contribution is 5.23. The van der Waals surface area contributed by atoms with Gasteiger partial charge in [-0.05, 0) is 23.3 Å². The van der Waals surface area contributed by atoms with Gasteiger partial charge in [0.1, 0.15) is 0 Å². The Hall–Kier alpha value is -0.860. The van der Waals surface area contributed by atoms with E-state index in [1.807, 2.05) is 6.07 Å². The molecule has 14 heavy (non-hydrogen) atoms. The number of hydrogen-bond acceptors (Lipinski definition) is 2. The van der Waals surface area contributed by atoms with Crippen molar-refractivity contribution < 1.29 is 4.74 Å². The standard InChI is InChI=1S/C12H15NO/c13-12(8-4-2-1-3-5-8)11-9-6-14-7-10(9)11/h1-5,9-12H,6-7,13H2. The summed E-state index contributed by atoms with van der Waals surface area (Å²) in [6.45, 7) is 1.85. The second-order valence-electron chi connectivity index (χ2n) is 4.38. The van der Waals surface area contributed by atoms with Crippen LogP contribution in [-0.4, -0.2) is 13.2 Å². The van der Waals surface area contributed by atoms with Crippen molar-refractivity contribution in [1.29, 1.82) is 0 Å². The summed E-state index contributed by atoms with van der Waals surface area (Å²) in [6.07, 6.45) is 0. The van der Waals surface area contributed by atoms with Crippen LogP contribution in [0.3, 0.4) is 0 Å². The number of rotatable bonds is 2. The Kier molecular flexibility index (Phi) is 1.85. The highest BCUT2D eigenvalue weighted by Gasteiger charge is 2.56. The molecule has 2 nitrogen and oxygen atoms in total. The molecule has 3 atom stereocenters. The highest BCUT2D eigenvalue weighted by atomic mass is 16.5. The summed E-state index contributed by atoms with van der Waals surface area (Å²) in [6, 6.07) is 10.6. The van der Waals surface area contributed by atoms with Gasteiger partial charge in [-0.2, -0.15) is 0 Å². The fourth-order valence-electron chi connectivity index (χ4n) is 2.71. The van der Waals surface area contributed by atoms with Gasteiger partial charge in [-0.25, -0.2) is 0 Å². The van der Waals surface area contributed by atoms with Crippen LogP contribution in [0.15, 0.2) is 30.3 Å². The molecule has 1 aromatic rings. The van der Waals surface area contributed by atoms with Gasteiger partial charge in [0.15, 0.2) is 0 Å². The van der Waals surface area contributed by atoms with E-state index in [2.05, 4.69) is 24.3 Å². The van der Waals surface area contributed by atoms with E-state index in [1.165, 1.54) is 5.56 Å². The van der Waals surface area contributed by atoms with E-state index in [9.17, 15) is 0 Å². The molecule has 0 aromatic heterocycles. The number of hydrogen-bond donors (Lipinski definition) is 1. The molecule has 3 rings (SSSR count). The van der Waals surface area contributed by atoms with E-state index in [0.29, 0.717) is 5.92 Å². The Morgan fingerprint density at radius 3 is 2.43 bits per heavy atom. The average Bonchev–Trinajstić information content (AvgIpc) is 2.72. The summed E-state index contributed by atoms with van der Waals surface area (Å²) in [5.41, 5.74) is 7.51. The second-order valence-corrected chi connectivity index (χ2v) is 4.38. The molecule has 74 valence electrons. The second kappa shape index (κ2) is 3.07. The van der Waals surface area contributed by atoms with Crippen molar-refractivity contribution in [3.05, 3.63) is 35.9 Å². The summed E-state index contributed by atoms with van der Waals surface area (Å²) in [5, 5.41) is 0. The fraction of sp³-hybridized carbons (Fsp3) is 0.500. The average molecular weight is 189 g/mol. The monoisotopic (exact) mass is 189 g/mol. The fourth-order valence-corrected chi connectivity index (χ4v) is 2.71. The predicted molar refractivity (Wildman–Crippen MR) is 54.7 cm³/mol. The van der Waals surface area contributed by atoms with Gasteiger partial charge in [0.2, 0.25) is 0 Å². The molecule has 2 aliphatic rings. The smallest absolute Gasteiger partial charge is 0.0501 e.